The normalized spacial score (nSPS) is 15.0. The zero-order chi connectivity index (χ0) is 15.0. The zero-order valence-electron chi connectivity index (χ0n) is 11.7. The van der Waals surface area contributed by atoms with E-state index in [2.05, 4.69) is 0 Å². The van der Waals surface area contributed by atoms with Crippen LogP contribution in [0.25, 0.3) is 6.08 Å². The van der Waals surface area contributed by atoms with Gasteiger partial charge in [-0.2, -0.15) is 0 Å². The highest BCUT2D eigenvalue weighted by atomic mass is 16.5. The third kappa shape index (κ3) is 2.36. The fourth-order valence-electron chi connectivity index (χ4n) is 2.34. The number of rotatable bonds is 2. The number of ketones is 1. The van der Waals surface area contributed by atoms with Gasteiger partial charge in [0.2, 0.25) is 5.78 Å². The number of methoxy groups -OCH3 is 1. The maximum Gasteiger partial charge on any atom is 0.232 e. The predicted octanol–water partition coefficient (Wildman–Crippen LogP) is 3.33. The molecule has 2 aromatic rings. The minimum atomic E-state index is -0.168. The lowest BCUT2D eigenvalue weighted by atomic mass is 10.0. The molecular weight excluding hydrogens is 268 g/mol. The molecule has 0 aromatic heterocycles. The summed E-state index contributed by atoms with van der Waals surface area (Å²) in [5.74, 6) is 1.32. The van der Waals surface area contributed by atoms with Gasteiger partial charge in [-0.1, -0.05) is 12.1 Å². The Hall–Kier alpha value is -2.75. The first-order valence-corrected chi connectivity index (χ1v) is 6.50. The van der Waals surface area contributed by atoms with Crippen molar-refractivity contribution in [1.29, 1.82) is 0 Å². The van der Waals surface area contributed by atoms with Gasteiger partial charge in [-0.3, -0.25) is 4.79 Å². The molecule has 0 fully saturated rings. The van der Waals surface area contributed by atoms with E-state index in [4.69, 9.17) is 9.47 Å². The second kappa shape index (κ2) is 4.98. The molecule has 0 amide bonds. The maximum atomic E-state index is 12.4. The highest BCUT2D eigenvalue weighted by Crippen LogP contribution is 2.37. The molecule has 21 heavy (non-hydrogen) atoms. The van der Waals surface area contributed by atoms with E-state index in [0.717, 1.165) is 11.3 Å². The van der Waals surface area contributed by atoms with Gasteiger partial charge in [0, 0.05) is 6.07 Å². The Morgan fingerprint density at radius 2 is 1.90 bits per heavy atom. The smallest absolute Gasteiger partial charge is 0.232 e. The number of aromatic hydroxyl groups is 1. The van der Waals surface area contributed by atoms with Crippen molar-refractivity contribution in [1.82, 2.24) is 0 Å². The molecule has 0 spiro atoms. The van der Waals surface area contributed by atoms with Gasteiger partial charge in [0.05, 0.1) is 12.7 Å². The SMILES string of the molecule is COc1ccc(C=C2Oc3cc(O)cc(C)c3C2=O)cc1. The number of phenols is 1. The lowest BCUT2D eigenvalue weighted by molar-refractivity contribution is 0.101. The van der Waals surface area contributed by atoms with E-state index in [0.29, 0.717) is 16.9 Å². The van der Waals surface area contributed by atoms with Gasteiger partial charge in [0.25, 0.3) is 0 Å². The van der Waals surface area contributed by atoms with E-state index >= 15 is 0 Å². The van der Waals surface area contributed by atoms with Crippen molar-refractivity contribution in [3.8, 4) is 17.2 Å². The number of ether oxygens (including phenoxy) is 2. The van der Waals surface area contributed by atoms with Gasteiger partial charge in [-0.15, -0.1) is 0 Å². The van der Waals surface area contributed by atoms with E-state index in [1.54, 1.807) is 26.2 Å². The van der Waals surface area contributed by atoms with Crippen molar-refractivity contribution < 1.29 is 19.4 Å². The largest absolute Gasteiger partial charge is 0.508 e. The second-order valence-corrected chi connectivity index (χ2v) is 4.85. The van der Waals surface area contributed by atoms with Gasteiger partial charge < -0.3 is 14.6 Å². The predicted molar refractivity (Wildman–Crippen MR) is 78.8 cm³/mol. The summed E-state index contributed by atoms with van der Waals surface area (Å²) in [5.41, 5.74) is 2.05. The van der Waals surface area contributed by atoms with Gasteiger partial charge in [0.15, 0.2) is 5.76 Å². The molecule has 1 aliphatic heterocycles. The van der Waals surface area contributed by atoms with E-state index in [-0.39, 0.29) is 17.3 Å². The van der Waals surface area contributed by atoms with Gasteiger partial charge in [-0.05, 0) is 42.3 Å². The molecule has 106 valence electrons. The van der Waals surface area contributed by atoms with E-state index in [1.165, 1.54) is 6.07 Å². The number of aryl methyl sites for hydroxylation is 1. The first-order valence-electron chi connectivity index (χ1n) is 6.50. The summed E-state index contributed by atoms with van der Waals surface area (Å²) in [4.78, 5) is 12.4. The summed E-state index contributed by atoms with van der Waals surface area (Å²) in [6, 6.07) is 10.3. The van der Waals surface area contributed by atoms with Crippen LogP contribution in [0.1, 0.15) is 21.5 Å². The number of benzene rings is 2. The number of carbonyl (C=O) groups excluding carboxylic acids is 1. The molecular formula is C17H14O4. The lowest BCUT2D eigenvalue weighted by Gasteiger charge is -2.01. The zero-order valence-corrected chi connectivity index (χ0v) is 11.7. The third-order valence-corrected chi connectivity index (χ3v) is 3.37. The Kier molecular flexibility index (Phi) is 3.14. The molecule has 3 rings (SSSR count). The molecule has 1 N–H and O–H groups in total. The molecule has 0 radical (unpaired) electrons. The number of allylic oxidation sites excluding steroid dienone is 1. The molecule has 0 bridgehead atoms. The van der Waals surface area contributed by atoms with Crippen molar-refractivity contribution in [3.05, 3.63) is 58.8 Å². The number of hydrogen-bond donors (Lipinski definition) is 1. The standard InChI is InChI=1S/C17H14O4/c1-10-7-12(18)9-14-16(10)17(19)15(21-14)8-11-3-5-13(20-2)6-4-11/h3-9,18H,1-2H3. The number of phenolic OH excluding ortho intramolecular Hbond substituents is 1. The monoisotopic (exact) mass is 282 g/mol. The molecule has 0 unspecified atom stereocenters. The van der Waals surface area contributed by atoms with E-state index in [1.807, 2.05) is 24.3 Å². The van der Waals surface area contributed by atoms with Crippen LogP contribution in [-0.4, -0.2) is 18.0 Å². The van der Waals surface area contributed by atoms with Crippen LogP contribution >= 0.6 is 0 Å². The average molecular weight is 282 g/mol. The van der Waals surface area contributed by atoms with Gasteiger partial charge in [0.1, 0.15) is 17.2 Å². The molecule has 1 aliphatic rings. The Labute approximate surface area is 122 Å². The van der Waals surface area contributed by atoms with Crippen molar-refractivity contribution >= 4 is 11.9 Å². The Bertz CT molecular complexity index is 742. The van der Waals surface area contributed by atoms with Gasteiger partial charge in [-0.25, -0.2) is 0 Å². The van der Waals surface area contributed by atoms with E-state index in [9.17, 15) is 9.90 Å². The number of hydrogen-bond acceptors (Lipinski definition) is 4. The summed E-state index contributed by atoms with van der Waals surface area (Å²) in [7, 11) is 1.60. The summed E-state index contributed by atoms with van der Waals surface area (Å²) in [6.07, 6.45) is 1.68. The quantitative estimate of drug-likeness (QED) is 0.858. The summed E-state index contributed by atoms with van der Waals surface area (Å²) in [6.45, 7) is 1.77. The highest BCUT2D eigenvalue weighted by Gasteiger charge is 2.29. The van der Waals surface area contributed by atoms with Crippen LogP contribution in [-0.2, 0) is 0 Å². The summed E-state index contributed by atoms with van der Waals surface area (Å²) >= 11 is 0. The molecule has 4 nitrogen and oxygen atoms in total. The summed E-state index contributed by atoms with van der Waals surface area (Å²) < 4.78 is 10.7. The average Bonchev–Trinajstić information content (AvgIpc) is 2.76. The fourth-order valence-corrected chi connectivity index (χ4v) is 2.34. The first kappa shape index (κ1) is 13.2. The van der Waals surface area contributed by atoms with Crippen LogP contribution < -0.4 is 9.47 Å². The maximum absolute atomic E-state index is 12.4. The Morgan fingerprint density at radius 1 is 1.19 bits per heavy atom. The highest BCUT2D eigenvalue weighted by molar-refractivity contribution is 6.15. The molecule has 4 heteroatoms. The topological polar surface area (TPSA) is 55.8 Å². The number of fused-ring (bicyclic) bond motifs is 1. The van der Waals surface area contributed by atoms with Crippen molar-refractivity contribution in [3.63, 3.8) is 0 Å². The van der Waals surface area contributed by atoms with Gasteiger partial charge >= 0.3 is 0 Å². The van der Waals surface area contributed by atoms with E-state index < -0.39 is 0 Å². The van der Waals surface area contributed by atoms with Crippen LogP contribution in [0.4, 0.5) is 0 Å². The van der Waals surface area contributed by atoms with Crippen LogP contribution in [0.5, 0.6) is 17.2 Å². The Morgan fingerprint density at radius 3 is 2.57 bits per heavy atom. The van der Waals surface area contributed by atoms with Crippen LogP contribution in [0.2, 0.25) is 0 Å². The minimum absolute atomic E-state index is 0.0877. The molecule has 0 atom stereocenters. The molecule has 0 saturated carbocycles. The lowest BCUT2D eigenvalue weighted by Crippen LogP contribution is -1.99. The molecule has 2 aromatic carbocycles. The first-order chi connectivity index (χ1) is 10.1. The molecule has 0 saturated heterocycles. The van der Waals surface area contributed by atoms with Crippen molar-refractivity contribution in [2.75, 3.05) is 7.11 Å². The van der Waals surface area contributed by atoms with Crippen LogP contribution in [0.3, 0.4) is 0 Å². The van der Waals surface area contributed by atoms with Crippen molar-refractivity contribution in [2.24, 2.45) is 0 Å². The number of Topliss-reactive ketones (excluding diaryl/α,β-unsaturated/α-hetero) is 1. The third-order valence-electron chi connectivity index (χ3n) is 3.37. The second-order valence-electron chi connectivity index (χ2n) is 4.85. The summed E-state index contributed by atoms with van der Waals surface area (Å²) in [5, 5.41) is 9.57. The fraction of sp³-hybridized carbons (Fsp3) is 0.118. The Balaban J connectivity index is 1.96. The molecule has 1 heterocycles. The van der Waals surface area contributed by atoms with Crippen LogP contribution in [0, 0.1) is 6.92 Å². The number of carbonyl (C=O) groups is 1. The minimum Gasteiger partial charge on any atom is -0.508 e. The molecule has 0 aliphatic carbocycles. The van der Waals surface area contributed by atoms with Crippen molar-refractivity contribution in [2.45, 2.75) is 6.92 Å². The van der Waals surface area contributed by atoms with Crippen LogP contribution in [0.15, 0.2) is 42.2 Å².